The monoisotopic (exact) mass is 336 g/mol. The van der Waals surface area contributed by atoms with Gasteiger partial charge in [-0.3, -0.25) is 4.90 Å². The summed E-state index contributed by atoms with van der Waals surface area (Å²) in [6.07, 6.45) is 2.33. The van der Waals surface area contributed by atoms with Crippen LogP contribution in [0.15, 0.2) is 54.6 Å². The Bertz CT molecular complexity index is 669. The summed E-state index contributed by atoms with van der Waals surface area (Å²) in [5, 5.41) is 3.48. The predicted molar refractivity (Wildman–Crippen MR) is 102 cm³/mol. The van der Waals surface area contributed by atoms with E-state index < -0.39 is 0 Å². The van der Waals surface area contributed by atoms with Gasteiger partial charge < -0.3 is 10.1 Å². The fourth-order valence-corrected chi connectivity index (χ4v) is 4.33. The van der Waals surface area contributed by atoms with Gasteiger partial charge in [-0.05, 0) is 36.5 Å². The van der Waals surface area contributed by atoms with Crippen molar-refractivity contribution in [1.82, 2.24) is 10.2 Å². The van der Waals surface area contributed by atoms with Gasteiger partial charge in [-0.2, -0.15) is 0 Å². The van der Waals surface area contributed by atoms with E-state index in [4.69, 9.17) is 4.74 Å². The molecule has 1 fully saturated rings. The fraction of sp³-hybridized carbons (Fsp3) is 0.455. The minimum Gasteiger partial charge on any atom is -0.372 e. The number of fused-ring (bicyclic) bond motifs is 1. The number of piperazine rings is 1. The summed E-state index contributed by atoms with van der Waals surface area (Å²) in [5.74, 6) is 0. The molecular formula is C22H28N2O. The maximum absolute atomic E-state index is 6.44. The minimum atomic E-state index is 0.106. The molecule has 132 valence electrons. The van der Waals surface area contributed by atoms with Crippen LogP contribution in [0.1, 0.15) is 29.7 Å². The van der Waals surface area contributed by atoms with Crippen molar-refractivity contribution in [3.05, 3.63) is 71.3 Å². The molecule has 0 aromatic heterocycles. The summed E-state index contributed by atoms with van der Waals surface area (Å²) in [4.78, 5) is 2.67. The van der Waals surface area contributed by atoms with Gasteiger partial charge in [-0.25, -0.2) is 0 Å². The summed E-state index contributed by atoms with van der Waals surface area (Å²) in [5.41, 5.74) is 4.36. The van der Waals surface area contributed by atoms with Gasteiger partial charge in [-0.1, -0.05) is 54.6 Å². The normalized spacial score (nSPS) is 21.0. The van der Waals surface area contributed by atoms with Crippen molar-refractivity contribution in [2.24, 2.45) is 0 Å². The second kappa shape index (κ2) is 7.28. The number of rotatable bonds is 5. The lowest BCUT2D eigenvalue weighted by atomic mass is 9.93. The van der Waals surface area contributed by atoms with E-state index in [1.54, 1.807) is 0 Å². The van der Waals surface area contributed by atoms with Crippen molar-refractivity contribution in [2.75, 3.05) is 32.8 Å². The van der Waals surface area contributed by atoms with Crippen LogP contribution in [0.5, 0.6) is 0 Å². The second-order valence-electron chi connectivity index (χ2n) is 7.45. The summed E-state index contributed by atoms with van der Waals surface area (Å²) in [7, 11) is 0. The average molecular weight is 336 g/mol. The zero-order valence-electron chi connectivity index (χ0n) is 15.1. The Morgan fingerprint density at radius 1 is 0.960 bits per heavy atom. The zero-order chi connectivity index (χ0) is 17.1. The lowest BCUT2D eigenvalue weighted by Gasteiger charge is -2.44. The van der Waals surface area contributed by atoms with Gasteiger partial charge in [0, 0.05) is 26.2 Å². The van der Waals surface area contributed by atoms with Gasteiger partial charge in [-0.15, -0.1) is 0 Å². The highest BCUT2D eigenvalue weighted by Gasteiger charge is 2.43. The summed E-state index contributed by atoms with van der Waals surface area (Å²) < 4.78 is 6.44. The lowest BCUT2D eigenvalue weighted by Crippen LogP contribution is -2.59. The number of nitrogens with zero attached hydrogens (tertiary/aromatic N) is 1. The van der Waals surface area contributed by atoms with Crippen LogP contribution in [0.3, 0.4) is 0 Å². The Morgan fingerprint density at radius 3 is 2.20 bits per heavy atom. The number of hydrogen-bond acceptors (Lipinski definition) is 3. The molecule has 0 amide bonds. The van der Waals surface area contributed by atoms with Gasteiger partial charge in [0.15, 0.2) is 0 Å². The highest BCUT2D eigenvalue weighted by atomic mass is 16.5. The molecule has 3 heteroatoms. The largest absolute Gasteiger partial charge is 0.372 e. The van der Waals surface area contributed by atoms with E-state index in [-0.39, 0.29) is 11.6 Å². The van der Waals surface area contributed by atoms with Crippen LogP contribution in [0.4, 0.5) is 0 Å². The molecule has 3 nitrogen and oxygen atoms in total. The molecular weight excluding hydrogens is 308 g/mol. The second-order valence-corrected chi connectivity index (χ2v) is 7.45. The summed E-state index contributed by atoms with van der Waals surface area (Å²) in [6.45, 7) is 7.33. The maximum atomic E-state index is 6.44. The molecule has 0 bridgehead atoms. The van der Waals surface area contributed by atoms with E-state index in [0.29, 0.717) is 0 Å². The van der Waals surface area contributed by atoms with E-state index in [2.05, 4.69) is 71.7 Å². The topological polar surface area (TPSA) is 24.5 Å². The molecule has 2 aromatic carbocycles. The number of benzene rings is 2. The first-order chi connectivity index (χ1) is 12.3. The zero-order valence-corrected chi connectivity index (χ0v) is 15.1. The van der Waals surface area contributed by atoms with Gasteiger partial charge >= 0.3 is 0 Å². The molecule has 1 saturated heterocycles. The van der Waals surface area contributed by atoms with Crippen LogP contribution < -0.4 is 5.32 Å². The molecule has 1 aliphatic heterocycles. The third-order valence-corrected chi connectivity index (χ3v) is 5.82. The Kier molecular flexibility index (Phi) is 4.89. The first-order valence-electron chi connectivity index (χ1n) is 9.46. The highest BCUT2D eigenvalue weighted by molar-refractivity contribution is 5.36. The van der Waals surface area contributed by atoms with Crippen molar-refractivity contribution < 1.29 is 4.74 Å². The molecule has 4 rings (SSSR count). The average Bonchev–Trinajstić information content (AvgIpc) is 3.07. The van der Waals surface area contributed by atoms with Crippen LogP contribution in [-0.2, 0) is 17.6 Å². The first kappa shape index (κ1) is 16.8. The molecule has 1 N–H and O–H groups in total. The molecule has 2 aliphatic rings. The smallest absolute Gasteiger partial charge is 0.0797 e. The fourth-order valence-electron chi connectivity index (χ4n) is 4.33. The quantitative estimate of drug-likeness (QED) is 0.907. The van der Waals surface area contributed by atoms with Crippen molar-refractivity contribution in [2.45, 2.75) is 31.4 Å². The van der Waals surface area contributed by atoms with E-state index in [0.717, 1.165) is 45.6 Å². The molecule has 0 unspecified atom stereocenters. The lowest BCUT2D eigenvalue weighted by molar-refractivity contribution is -0.0379. The van der Waals surface area contributed by atoms with Crippen LogP contribution >= 0.6 is 0 Å². The van der Waals surface area contributed by atoms with E-state index in [1.807, 2.05) is 0 Å². The van der Waals surface area contributed by atoms with Crippen molar-refractivity contribution >= 4 is 0 Å². The number of ether oxygens (including phenoxy) is 1. The Labute approximate surface area is 151 Å². The van der Waals surface area contributed by atoms with Gasteiger partial charge in [0.1, 0.15) is 0 Å². The summed E-state index contributed by atoms with van der Waals surface area (Å²) in [6, 6.07) is 19.5. The highest BCUT2D eigenvalue weighted by Crippen LogP contribution is 2.36. The van der Waals surface area contributed by atoms with E-state index in [1.165, 1.54) is 16.7 Å². The number of hydrogen-bond donors (Lipinski definition) is 1. The summed E-state index contributed by atoms with van der Waals surface area (Å²) >= 11 is 0. The molecule has 25 heavy (non-hydrogen) atoms. The first-order valence-corrected chi connectivity index (χ1v) is 9.46. The molecule has 0 saturated carbocycles. The third-order valence-electron chi connectivity index (χ3n) is 5.82. The Hall–Kier alpha value is -1.68. The molecule has 2 aromatic rings. The Morgan fingerprint density at radius 2 is 1.56 bits per heavy atom. The molecule has 1 heterocycles. The van der Waals surface area contributed by atoms with Crippen molar-refractivity contribution in [3.8, 4) is 0 Å². The van der Waals surface area contributed by atoms with Crippen LogP contribution in [0.2, 0.25) is 0 Å². The van der Waals surface area contributed by atoms with Crippen LogP contribution in [0, 0.1) is 0 Å². The maximum Gasteiger partial charge on any atom is 0.0797 e. The van der Waals surface area contributed by atoms with Crippen molar-refractivity contribution in [3.63, 3.8) is 0 Å². The van der Waals surface area contributed by atoms with Gasteiger partial charge in [0.25, 0.3) is 0 Å². The van der Waals surface area contributed by atoms with Gasteiger partial charge in [0.2, 0.25) is 0 Å². The Balaban J connectivity index is 1.52. The number of nitrogens with one attached hydrogen (secondary N) is 1. The van der Waals surface area contributed by atoms with E-state index >= 15 is 0 Å². The molecule has 1 aliphatic carbocycles. The third kappa shape index (κ3) is 3.50. The van der Waals surface area contributed by atoms with Gasteiger partial charge in [0.05, 0.1) is 18.2 Å². The van der Waals surface area contributed by atoms with Crippen molar-refractivity contribution in [1.29, 1.82) is 0 Å². The predicted octanol–water partition coefficient (Wildman–Crippen LogP) is 3.21. The molecule has 0 spiro atoms. The SMILES string of the molecule is C[C@@H](OCC1(N2CCNCC2)Cc2ccccc2C1)c1ccccc1. The molecule has 1 atom stereocenters. The van der Waals surface area contributed by atoms with Crippen LogP contribution in [0.25, 0.3) is 0 Å². The minimum absolute atomic E-state index is 0.106. The molecule has 0 radical (unpaired) electrons. The van der Waals surface area contributed by atoms with Crippen LogP contribution in [-0.4, -0.2) is 43.2 Å². The van der Waals surface area contributed by atoms with E-state index in [9.17, 15) is 0 Å². The standard InChI is InChI=1S/C22H28N2O/c1-18(19-7-3-2-4-8-19)25-17-22(24-13-11-23-12-14-24)15-20-9-5-6-10-21(20)16-22/h2-10,18,23H,11-17H2,1H3/t18-/m1/s1.